The van der Waals surface area contributed by atoms with E-state index < -0.39 is 48.0 Å². The van der Waals surface area contributed by atoms with Gasteiger partial charge in [-0.25, -0.2) is 4.79 Å². The number of nitrogens with zero attached hydrogens (tertiary/aromatic N) is 3. The molecule has 10 heteroatoms. The van der Waals surface area contributed by atoms with Crippen LogP contribution in [0.4, 0.5) is 4.79 Å². The molecule has 0 saturated heterocycles. The first-order valence-corrected chi connectivity index (χ1v) is 23.9. The van der Waals surface area contributed by atoms with Crippen molar-refractivity contribution in [2.75, 3.05) is 34.8 Å². The van der Waals surface area contributed by atoms with Crippen molar-refractivity contribution in [1.29, 1.82) is 0 Å². The zero-order valence-corrected chi connectivity index (χ0v) is 40.0. The molecule has 0 heterocycles. The third kappa shape index (κ3) is 10.4. The topological polar surface area (TPSA) is 96.5 Å². The number of carbonyl (C=O) groups excluding carboxylic acids is 4. The van der Waals surface area contributed by atoms with Crippen molar-refractivity contribution >= 4 is 35.5 Å². The number of benzene rings is 5. The Kier molecular flexibility index (Phi) is 15.7. The molecule has 1 fully saturated rings. The lowest BCUT2D eigenvalue weighted by molar-refractivity contribution is -0.159. The molecule has 0 aromatic heterocycles. The predicted octanol–water partition coefficient (Wildman–Crippen LogP) is 11.6. The number of ether oxygens (including phenoxy) is 2. The van der Waals surface area contributed by atoms with Crippen LogP contribution in [0.25, 0.3) is 11.1 Å². The maximum atomic E-state index is 14.9. The van der Waals surface area contributed by atoms with Crippen LogP contribution in [-0.2, 0) is 29.5 Å². The first-order valence-electron chi connectivity index (χ1n) is 23.5. The van der Waals surface area contributed by atoms with E-state index in [1.54, 1.807) is 27.2 Å². The number of hydrogen-bond donors (Lipinski definition) is 0. The molecule has 7 rings (SSSR count). The van der Waals surface area contributed by atoms with Gasteiger partial charge in [0.05, 0.1) is 6.42 Å². The van der Waals surface area contributed by atoms with Crippen molar-refractivity contribution in [1.82, 2.24) is 14.7 Å². The van der Waals surface area contributed by atoms with Crippen LogP contribution in [0, 0.1) is 5.92 Å². The summed E-state index contributed by atoms with van der Waals surface area (Å²) in [6.45, 7) is 4.02. The quantitative estimate of drug-likeness (QED) is 0.0767. The molecule has 0 radical (unpaired) electrons. The fourth-order valence-electron chi connectivity index (χ4n) is 9.99. The summed E-state index contributed by atoms with van der Waals surface area (Å²) >= 11 is 7.06. The highest BCUT2D eigenvalue weighted by molar-refractivity contribution is 6.31. The van der Waals surface area contributed by atoms with Gasteiger partial charge >= 0.3 is 12.1 Å². The minimum atomic E-state index is -1.52. The van der Waals surface area contributed by atoms with Gasteiger partial charge in [0.25, 0.3) is 0 Å². The van der Waals surface area contributed by atoms with Crippen LogP contribution in [-0.4, -0.2) is 85.5 Å². The molecule has 2 aliphatic rings. The van der Waals surface area contributed by atoms with Gasteiger partial charge in [0.15, 0.2) is 5.60 Å². The lowest BCUT2D eigenvalue weighted by Gasteiger charge is -2.38. The van der Waals surface area contributed by atoms with E-state index in [0.29, 0.717) is 27.6 Å². The second-order valence-corrected chi connectivity index (χ2v) is 19.0. The number of likely N-dealkylation sites (N-methyl/N-ethyl adjacent to an activating group) is 3. The van der Waals surface area contributed by atoms with E-state index in [1.807, 2.05) is 98.8 Å². The molecule has 1 saturated carbocycles. The Morgan fingerprint density at radius 1 is 0.636 bits per heavy atom. The number of rotatable bonds is 15. The highest BCUT2D eigenvalue weighted by Crippen LogP contribution is 2.46. The zero-order chi connectivity index (χ0) is 47.0. The Labute approximate surface area is 396 Å². The van der Waals surface area contributed by atoms with E-state index >= 15 is 0 Å². The van der Waals surface area contributed by atoms with Gasteiger partial charge in [0, 0.05) is 55.8 Å². The van der Waals surface area contributed by atoms with Crippen molar-refractivity contribution in [3.8, 4) is 11.1 Å². The molecule has 5 aromatic rings. The Morgan fingerprint density at radius 3 is 1.77 bits per heavy atom. The molecule has 346 valence electrons. The van der Waals surface area contributed by atoms with Crippen molar-refractivity contribution < 1.29 is 28.7 Å². The van der Waals surface area contributed by atoms with Crippen LogP contribution < -0.4 is 0 Å². The average molecular weight is 911 g/mol. The van der Waals surface area contributed by atoms with Gasteiger partial charge in [-0.05, 0) is 65.0 Å². The summed E-state index contributed by atoms with van der Waals surface area (Å²) in [5.74, 6) is -1.42. The van der Waals surface area contributed by atoms with Gasteiger partial charge in [-0.1, -0.05) is 179 Å². The molecule has 3 atom stereocenters. The molecule has 0 bridgehead atoms. The smallest absolute Gasteiger partial charge is 0.410 e. The van der Waals surface area contributed by atoms with E-state index in [0.717, 1.165) is 35.1 Å². The van der Waals surface area contributed by atoms with E-state index in [4.69, 9.17) is 21.1 Å². The molecule has 2 aliphatic carbocycles. The standard InChI is InChI=1S/C56H64ClN3O6/c1-38(2)35-50(60(6)55(64)65-37-47-45-27-17-15-25-43(45)44-26-16-18-28-46(44)47)54(63)59(5)51(53(62)58(3)4)36-52(61)66-56(41-23-13-10-14-24-41,48-29-19-20-30-49(48)57)42-33-31-40(32-34-42)39-21-11-8-7-9-12-22-39/h10,13-20,23-34,38-39,47,50-51H,7-9,11-12,21-22,35-37H2,1-6H3/t50-,51-,56?/m0/s1. The maximum absolute atomic E-state index is 14.9. The second-order valence-electron chi connectivity index (χ2n) is 18.6. The van der Waals surface area contributed by atoms with E-state index in [9.17, 15) is 19.2 Å². The molecule has 0 spiro atoms. The molecule has 0 N–H and O–H groups in total. The third-order valence-electron chi connectivity index (χ3n) is 13.6. The fourth-order valence-corrected chi connectivity index (χ4v) is 10.3. The largest absolute Gasteiger partial charge is 0.448 e. The summed E-state index contributed by atoms with van der Waals surface area (Å²) in [7, 11) is 6.23. The predicted molar refractivity (Wildman–Crippen MR) is 261 cm³/mol. The van der Waals surface area contributed by atoms with Crippen LogP contribution in [0.2, 0.25) is 5.02 Å². The molecular weight excluding hydrogens is 846 g/mol. The van der Waals surface area contributed by atoms with Gasteiger partial charge in [-0.3, -0.25) is 19.3 Å². The molecule has 9 nitrogen and oxygen atoms in total. The van der Waals surface area contributed by atoms with Crippen molar-refractivity contribution in [3.63, 3.8) is 0 Å². The summed E-state index contributed by atoms with van der Waals surface area (Å²) in [5, 5.41) is 0.402. The first-order chi connectivity index (χ1) is 31.8. The SMILES string of the molecule is CC(C)C[C@@H](C(=O)N(C)[C@@H](CC(=O)OC(c1ccccc1)(c1ccc(C2CCCCCCC2)cc1)c1ccccc1Cl)C(=O)N(C)C)N(C)C(=O)OCC1c2ccccc2-c2ccccc21. The lowest BCUT2D eigenvalue weighted by Crippen LogP contribution is -2.55. The molecule has 66 heavy (non-hydrogen) atoms. The molecule has 3 amide bonds. The summed E-state index contributed by atoms with van der Waals surface area (Å²) in [5.41, 5.74) is 6.04. The number of fused-ring (bicyclic) bond motifs is 3. The number of esters is 1. The van der Waals surface area contributed by atoms with Crippen LogP contribution >= 0.6 is 11.6 Å². The Hall–Kier alpha value is -5.93. The number of amides is 3. The second kappa shape index (κ2) is 21.6. The van der Waals surface area contributed by atoms with Crippen molar-refractivity contribution in [2.45, 2.75) is 101 Å². The third-order valence-corrected chi connectivity index (χ3v) is 13.9. The molecule has 1 unspecified atom stereocenters. The van der Waals surface area contributed by atoms with E-state index in [2.05, 4.69) is 36.4 Å². The van der Waals surface area contributed by atoms with Gasteiger partial charge in [0.1, 0.15) is 18.7 Å². The van der Waals surface area contributed by atoms with Crippen LogP contribution in [0.5, 0.6) is 0 Å². The van der Waals surface area contributed by atoms with Gasteiger partial charge in [-0.2, -0.15) is 0 Å². The van der Waals surface area contributed by atoms with Gasteiger partial charge in [0.2, 0.25) is 11.8 Å². The summed E-state index contributed by atoms with van der Waals surface area (Å²) in [6.07, 6.45) is 7.62. The average Bonchev–Trinajstić information content (AvgIpc) is 3.63. The van der Waals surface area contributed by atoms with Gasteiger partial charge < -0.3 is 19.3 Å². The van der Waals surface area contributed by atoms with Crippen molar-refractivity contribution in [3.05, 3.63) is 166 Å². The van der Waals surface area contributed by atoms with Crippen LogP contribution in [0.1, 0.15) is 117 Å². The van der Waals surface area contributed by atoms with E-state index in [1.165, 1.54) is 59.4 Å². The minimum Gasteiger partial charge on any atom is -0.448 e. The van der Waals surface area contributed by atoms with E-state index in [-0.39, 0.29) is 24.9 Å². The minimum absolute atomic E-state index is 0.00953. The summed E-state index contributed by atoms with van der Waals surface area (Å²) in [6, 6.07) is 39.2. The Bertz CT molecular complexity index is 2420. The zero-order valence-electron chi connectivity index (χ0n) is 39.3. The Balaban J connectivity index is 1.17. The number of hydrogen-bond acceptors (Lipinski definition) is 6. The molecule has 0 aliphatic heterocycles. The van der Waals surface area contributed by atoms with Gasteiger partial charge in [-0.15, -0.1) is 0 Å². The number of carbonyl (C=O) groups is 4. The molecule has 5 aromatic carbocycles. The lowest BCUT2D eigenvalue weighted by atomic mass is 9.78. The monoisotopic (exact) mass is 909 g/mol. The maximum Gasteiger partial charge on any atom is 0.410 e. The highest BCUT2D eigenvalue weighted by Gasteiger charge is 2.44. The fraction of sp³-hybridized carbons (Fsp3) is 0.393. The summed E-state index contributed by atoms with van der Waals surface area (Å²) < 4.78 is 12.8. The van der Waals surface area contributed by atoms with Crippen LogP contribution in [0.15, 0.2) is 127 Å². The normalized spacial score (nSPS) is 15.8. The highest BCUT2D eigenvalue weighted by atomic mass is 35.5. The first kappa shape index (κ1) is 48.0. The summed E-state index contributed by atoms with van der Waals surface area (Å²) in [4.78, 5) is 61.8. The number of halogens is 1. The van der Waals surface area contributed by atoms with Crippen molar-refractivity contribution in [2.24, 2.45) is 5.92 Å². The molecular formula is C56H64ClN3O6. The Morgan fingerprint density at radius 2 is 1.18 bits per heavy atom. The van der Waals surface area contributed by atoms with Crippen LogP contribution in [0.3, 0.4) is 0 Å².